The summed E-state index contributed by atoms with van der Waals surface area (Å²) >= 11 is 0. The molecular formula is C20H28O5. The van der Waals surface area contributed by atoms with Crippen LogP contribution < -0.4 is 0 Å². The molecule has 0 amide bonds. The lowest BCUT2D eigenvalue weighted by Gasteiger charge is -2.57. The Morgan fingerprint density at radius 3 is 2.72 bits per heavy atom. The molecule has 0 saturated heterocycles. The smallest absolute Gasteiger partial charge is 0.333 e. The van der Waals surface area contributed by atoms with Gasteiger partial charge in [-0.2, -0.15) is 0 Å². The van der Waals surface area contributed by atoms with Gasteiger partial charge in [0.2, 0.25) is 6.29 Å². The van der Waals surface area contributed by atoms with E-state index in [2.05, 4.69) is 13.5 Å². The monoisotopic (exact) mass is 348 g/mol. The molecule has 5 nitrogen and oxygen atoms in total. The van der Waals surface area contributed by atoms with E-state index in [9.17, 15) is 19.8 Å². The number of carboxylic acid groups (broad SMARTS) is 1. The van der Waals surface area contributed by atoms with Crippen molar-refractivity contribution in [3.8, 4) is 0 Å². The number of rotatable bonds is 4. The van der Waals surface area contributed by atoms with Crippen LogP contribution in [-0.2, 0) is 14.3 Å². The zero-order valence-corrected chi connectivity index (χ0v) is 15.1. The molecule has 3 rings (SSSR count). The standard InChI is InChI=1S/C20H28O5/c1-12-5-8-15-19(2,9-4-10-20(15,3)18(23)24)14(12)7-6-13-11-16(21)25-17(13)22/h11,14-15,17,22H,1,4-10H2,2-3H3,(H,23,24)/t14-,15+,17+,19+,20-/m1/s1. The van der Waals surface area contributed by atoms with Gasteiger partial charge in [0.05, 0.1) is 5.41 Å². The first kappa shape index (κ1) is 18.2. The topological polar surface area (TPSA) is 83.8 Å². The summed E-state index contributed by atoms with van der Waals surface area (Å²) in [6, 6.07) is 0. The third-order valence-corrected chi connectivity index (χ3v) is 7.08. The number of carbonyl (C=O) groups is 2. The van der Waals surface area contributed by atoms with Crippen molar-refractivity contribution in [2.45, 2.75) is 65.1 Å². The quantitative estimate of drug-likeness (QED) is 0.601. The third-order valence-electron chi connectivity index (χ3n) is 7.08. The van der Waals surface area contributed by atoms with Crippen LogP contribution in [0.4, 0.5) is 0 Å². The van der Waals surface area contributed by atoms with Crippen LogP contribution in [0.5, 0.6) is 0 Å². The second-order valence-corrected chi connectivity index (χ2v) is 8.43. The maximum absolute atomic E-state index is 12.0. The summed E-state index contributed by atoms with van der Waals surface area (Å²) < 4.78 is 4.76. The Morgan fingerprint density at radius 1 is 1.40 bits per heavy atom. The first-order chi connectivity index (χ1) is 11.7. The van der Waals surface area contributed by atoms with Crippen molar-refractivity contribution < 1.29 is 24.5 Å². The van der Waals surface area contributed by atoms with E-state index in [0.29, 0.717) is 12.0 Å². The number of aliphatic carboxylic acids is 1. The molecule has 0 radical (unpaired) electrons. The summed E-state index contributed by atoms with van der Waals surface area (Å²) in [6.45, 7) is 8.39. The van der Waals surface area contributed by atoms with Crippen molar-refractivity contribution in [3.05, 3.63) is 23.8 Å². The van der Waals surface area contributed by atoms with E-state index in [0.717, 1.165) is 38.5 Å². The highest BCUT2D eigenvalue weighted by Gasteiger charge is 2.57. The fraction of sp³-hybridized carbons (Fsp3) is 0.700. The van der Waals surface area contributed by atoms with Crippen molar-refractivity contribution in [2.75, 3.05) is 0 Å². The molecule has 0 aromatic rings. The number of hydrogen-bond acceptors (Lipinski definition) is 4. The summed E-state index contributed by atoms with van der Waals surface area (Å²) in [5, 5.41) is 19.6. The Morgan fingerprint density at radius 2 is 2.12 bits per heavy atom. The Bertz CT molecular complexity index is 636. The number of carbonyl (C=O) groups excluding carboxylic acids is 1. The van der Waals surface area contributed by atoms with Gasteiger partial charge in [0.25, 0.3) is 0 Å². The highest BCUT2D eigenvalue weighted by Crippen LogP contribution is 2.62. The first-order valence-electron chi connectivity index (χ1n) is 9.18. The Kier molecular flexibility index (Phi) is 4.56. The van der Waals surface area contributed by atoms with Crippen molar-refractivity contribution in [2.24, 2.45) is 22.7 Å². The number of aliphatic hydroxyl groups excluding tert-OH is 1. The van der Waals surface area contributed by atoms with Gasteiger partial charge < -0.3 is 14.9 Å². The van der Waals surface area contributed by atoms with Gasteiger partial charge >= 0.3 is 11.9 Å². The Hall–Kier alpha value is -1.62. The number of aliphatic hydroxyl groups is 1. The molecule has 0 aromatic heterocycles. The van der Waals surface area contributed by atoms with Gasteiger partial charge in [-0.05, 0) is 62.7 Å². The molecule has 2 N–H and O–H groups in total. The van der Waals surface area contributed by atoms with E-state index in [1.807, 2.05) is 6.92 Å². The largest absolute Gasteiger partial charge is 0.481 e. The second kappa shape index (κ2) is 6.27. The van der Waals surface area contributed by atoms with E-state index in [-0.39, 0.29) is 17.3 Å². The summed E-state index contributed by atoms with van der Waals surface area (Å²) in [7, 11) is 0. The minimum absolute atomic E-state index is 0.101. The maximum atomic E-state index is 12.0. The van der Waals surface area contributed by atoms with E-state index in [1.165, 1.54) is 11.6 Å². The van der Waals surface area contributed by atoms with Crippen molar-refractivity contribution in [1.82, 2.24) is 0 Å². The number of carboxylic acids is 1. The average Bonchev–Trinajstić information content (AvgIpc) is 2.84. The number of allylic oxidation sites excluding steroid dienone is 1. The Labute approximate surface area is 148 Å². The van der Waals surface area contributed by atoms with Gasteiger partial charge in [-0.25, -0.2) is 4.79 Å². The van der Waals surface area contributed by atoms with Gasteiger partial charge in [-0.15, -0.1) is 0 Å². The zero-order valence-electron chi connectivity index (χ0n) is 15.1. The molecule has 5 atom stereocenters. The maximum Gasteiger partial charge on any atom is 0.333 e. The van der Waals surface area contributed by atoms with E-state index < -0.39 is 23.6 Å². The summed E-state index contributed by atoms with van der Waals surface area (Å²) in [4.78, 5) is 23.3. The van der Waals surface area contributed by atoms with Crippen LogP contribution in [0, 0.1) is 22.7 Å². The second-order valence-electron chi connectivity index (χ2n) is 8.43. The van der Waals surface area contributed by atoms with E-state index in [4.69, 9.17) is 4.74 Å². The normalized spacial score (nSPS) is 41.1. The molecule has 0 spiro atoms. The van der Waals surface area contributed by atoms with Crippen molar-refractivity contribution >= 4 is 11.9 Å². The molecule has 0 aromatic carbocycles. The van der Waals surface area contributed by atoms with Crippen LogP contribution in [0.15, 0.2) is 23.8 Å². The molecule has 1 heterocycles. The molecule has 1 aliphatic heterocycles. The van der Waals surface area contributed by atoms with Crippen molar-refractivity contribution in [3.63, 3.8) is 0 Å². The van der Waals surface area contributed by atoms with Crippen LogP contribution in [-0.4, -0.2) is 28.4 Å². The predicted octanol–water partition coefficient (Wildman–Crippen LogP) is 3.43. The molecule has 2 saturated carbocycles. The van der Waals surface area contributed by atoms with E-state index in [1.54, 1.807) is 0 Å². The molecule has 3 aliphatic rings. The molecule has 0 bridgehead atoms. The minimum atomic E-state index is -1.14. The van der Waals surface area contributed by atoms with Crippen LogP contribution in [0.1, 0.15) is 58.8 Å². The van der Waals surface area contributed by atoms with Crippen LogP contribution in [0.2, 0.25) is 0 Å². The number of hydrogen-bond donors (Lipinski definition) is 2. The molecule has 5 heteroatoms. The van der Waals surface area contributed by atoms with Gasteiger partial charge in [0.1, 0.15) is 0 Å². The predicted molar refractivity (Wildman–Crippen MR) is 92.5 cm³/mol. The van der Waals surface area contributed by atoms with Crippen molar-refractivity contribution in [1.29, 1.82) is 0 Å². The SMILES string of the molecule is C=C1CC[C@H]2[C@@](C)(CCC[C@@]2(C)C(=O)O)[C@@H]1CCC1=CC(=O)O[C@@H]1O. The number of fused-ring (bicyclic) bond motifs is 1. The Balaban J connectivity index is 1.83. The summed E-state index contributed by atoms with van der Waals surface area (Å²) in [5.74, 6) is -0.857. The molecule has 25 heavy (non-hydrogen) atoms. The van der Waals surface area contributed by atoms with Crippen LogP contribution in [0.3, 0.4) is 0 Å². The number of ether oxygens (including phenoxy) is 1. The molecular weight excluding hydrogens is 320 g/mol. The third kappa shape index (κ3) is 2.92. The summed E-state index contributed by atoms with van der Waals surface area (Å²) in [6.07, 6.45) is 5.94. The van der Waals surface area contributed by atoms with Gasteiger partial charge in [-0.3, -0.25) is 4.79 Å². The lowest BCUT2D eigenvalue weighted by atomic mass is 9.46. The lowest BCUT2D eigenvalue weighted by Crippen LogP contribution is -2.53. The van der Waals surface area contributed by atoms with Crippen LogP contribution in [0.25, 0.3) is 0 Å². The van der Waals surface area contributed by atoms with Gasteiger partial charge in [-0.1, -0.05) is 25.5 Å². The average molecular weight is 348 g/mol. The number of cyclic esters (lactones) is 1. The molecule has 138 valence electrons. The fourth-order valence-corrected chi connectivity index (χ4v) is 5.69. The van der Waals surface area contributed by atoms with Gasteiger partial charge in [0, 0.05) is 11.6 Å². The highest BCUT2D eigenvalue weighted by atomic mass is 16.6. The number of esters is 1. The highest BCUT2D eigenvalue weighted by molar-refractivity contribution is 5.85. The van der Waals surface area contributed by atoms with Gasteiger partial charge in [0.15, 0.2) is 0 Å². The zero-order chi connectivity index (χ0) is 18.4. The first-order valence-corrected chi connectivity index (χ1v) is 9.18. The van der Waals surface area contributed by atoms with E-state index >= 15 is 0 Å². The molecule has 2 fully saturated rings. The summed E-state index contributed by atoms with van der Waals surface area (Å²) in [5.41, 5.74) is 1.00. The minimum Gasteiger partial charge on any atom is -0.481 e. The fourth-order valence-electron chi connectivity index (χ4n) is 5.69. The lowest BCUT2D eigenvalue weighted by molar-refractivity contribution is -0.164. The molecule has 2 aliphatic carbocycles. The van der Waals surface area contributed by atoms with Crippen LogP contribution >= 0.6 is 0 Å². The molecule has 0 unspecified atom stereocenters.